The molecule has 0 N–H and O–H groups in total. The number of rotatable bonds is 21. The fourth-order valence-corrected chi connectivity index (χ4v) is 7.12. The van der Waals surface area contributed by atoms with Gasteiger partial charge in [-0.15, -0.1) is 11.6 Å². The van der Waals surface area contributed by atoms with Crippen molar-refractivity contribution in [1.29, 1.82) is 0 Å². The lowest BCUT2D eigenvalue weighted by molar-refractivity contribution is 0.166. The summed E-state index contributed by atoms with van der Waals surface area (Å²) < 4.78 is 5.98. The van der Waals surface area contributed by atoms with Crippen molar-refractivity contribution in [3.05, 3.63) is 0 Å². The first-order chi connectivity index (χ1) is 13.0. The quantitative estimate of drug-likeness (QED) is 0.102. The largest absolute Gasteiger partial charge is 0.385 e. The van der Waals surface area contributed by atoms with Gasteiger partial charge in [-0.05, 0) is 12.3 Å². The first kappa shape index (κ1) is 27.5. The van der Waals surface area contributed by atoms with Gasteiger partial charge in [0.1, 0.15) is 0 Å². The maximum atomic E-state index is 5.98. The molecular weight excluding hydrogens is 368 g/mol. The molecule has 0 radical (unpaired) electrons. The zero-order chi connectivity index (χ0) is 20.2. The van der Waals surface area contributed by atoms with E-state index in [2.05, 4.69) is 26.9 Å². The lowest BCUT2D eigenvalue weighted by atomic mass is 10.0. The molecule has 164 valence electrons. The van der Waals surface area contributed by atoms with Gasteiger partial charge in [0.05, 0.1) is 8.07 Å². The van der Waals surface area contributed by atoms with Crippen molar-refractivity contribution in [2.45, 2.75) is 129 Å². The lowest BCUT2D eigenvalue weighted by Crippen LogP contribution is -2.35. The highest BCUT2D eigenvalue weighted by molar-refractivity contribution is 6.77. The Kier molecular flexibility index (Phi) is 20.1. The van der Waals surface area contributed by atoms with Crippen LogP contribution in [-0.2, 0) is 4.74 Å². The van der Waals surface area contributed by atoms with Crippen molar-refractivity contribution < 1.29 is 4.74 Å². The molecule has 1 atom stereocenters. The van der Waals surface area contributed by atoms with E-state index >= 15 is 0 Å². The van der Waals surface area contributed by atoms with Gasteiger partial charge in [-0.25, -0.2) is 0 Å². The molecule has 1 nitrogen and oxygen atoms in total. The van der Waals surface area contributed by atoms with Crippen molar-refractivity contribution in [1.82, 2.24) is 0 Å². The molecular formula is C24H51ClOSi. The summed E-state index contributed by atoms with van der Waals surface area (Å²) in [5, 5.41) is 0. The highest BCUT2D eigenvalue weighted by Gasteiger charge is 2.23. The summed E-state index contributed by atoms with van der Waals surface area (Å²) in [7, 11) is -1.20. The maximum absolute atomic E-state index is 5.98. The number of hydrogen-bond acceptors (Lipinski definition) is 1. The molecule has 0 saturated carbocycles. The van der Waals surface area contributed by atoms with Crippen molar-refractivity contribution in [2.24, 2.45) is 5.92 Å². The van der Waals surface area contributed by atoms with E-state index in [1.54, 1.807) is 0 Å². The van der Waals surface area contributed by atoms with E-state index in [1.165, 1.54) is 102 Å². The van der Waals surface area contributed by atoms with E-state index in [1.807, 2.05) is 0 Å². The zero-order valence-electron chi connectivity index (χ0n) is 19.3. The fourth-order valence-electron chi connectivity index (χ4n) is 3.98. The topological polar surface area (TPSA) is 9.23 Å². The van der Waals surface area contributed by atoms with Crippen LogP contribution >= 0.6 is 11.6 Å². The van der Waals surface area contributed by atoms with Crippen LogP contribution in [-0.4, -0.2) is 26.8 Å². The first-order valence-corrected chi connectivity index (χ1v) is 16.1. The van der Waals surface area contributed by atoms with Gasteiger partial charge in [0, 0.05) is 18.7 Å². The van der Waals surface area contributed by atoms with E-state index < -0.39 is 8.07 Å². The van der Waals surface area contributed by atoms with Crippen LogP contribution in [0.2, 0.25) is 19.1 Å². The normalized spacial score (nSPS) is 13.2. The summed E-state index contributed by atoms with van der Waals surface area (Å²) >= 11 is 5.95. The van der Waals surface area contributed by atoms with Crippen LogP contribution in [0.5, 0.6) is 0 Å². The average molecular weight is 419 g/mol. The number of alkyl halides is 1. The number of ether oxygens (including phenoxy) is 1. The molecule has 27 heavy (non-hydrogen) atoms. The van der Waals surface area contributed by atoms with Gasteiger partial charge in [0.25, 0.3) is 0 Å². The van der Waals surface area contributed by atoms with E-state index in [-0.39, 0.29) is 0 Å². The van der Waals surface area contributed by atoms with Crippen LogP contribution in [0.3, 0.4) is 0 Å². The van der Waals surface area contributed by atoms with Gasteiger partial charge in [-0.2, -0.15) is 0 Å². The van der Waals surface area contributed by atoms with Gasteiger partial charge < -0.3 is 4.74 Å². The Bertz CT molecular complexity index is 296. The molecule has 0 aliphatic heterocycles. The van der Waals surface area contributed by atoms with Crippen molar-refractivity contribution in [3.8, 4) is 0 Å². The Morgan fingerprint density at radius 1 is 0.704 bits per heavy atom. The smallest absolute Gasteiger partial charge is 0.0779 e. The van der Waals surface area contributed by atoms with E-state index in [9.17, 15) is 0 Å². The van der Waals surface area contributed by atoms with E-state index in [4.69, 9.17) is 16.3 Å². The monoisotopic (exact) mass is 418 g/mol. The van der Waals surface area contributed by atoms with Crippen LogP contribution in [0.4, 0.5) is 0 Å². The zero-order valence-corrected chi connectivity index (χ0v) is 21.1. The molecule has 0 aromatic rings. The van der Waals surface area contributed by atoms with Crippen LogP contribution in [0.1, 0.15) is 110 Å². The van der Waals surface area contributed by atoms with Crippen LogP contribution in [0.25, 0.3) is 0 Å². The second-order valence-corrected chi connectivity index (χ2v) is 15.0. The molecule has 0 bridgehead atoms. The van der Waals surface area contributed by atoms with Crippen molar-refractivity contribution in [2.75, 3.05) is 18.7 Å². The molecule has 0 rings (SSSR count). The third kappa shape index (κ3) is 21.0. The molecule has 0 aromatic carbocycles. The number of hydrogen-bond donors (Lipinski definition) is 0. The van der Waals surface area contributed by atoms with Gasteiger partial charge in [0.2, 0.25) is 0 Å². The third-order valence-electron chi connectivity index (χ3n) is 5.55. The Balaban J connectivity index is 3.21. The molecule has 0 spiro atoms. The van der Waals surface area contributed by atoms with Crippen molar-refractivity contribution in [3.63, 3.8) is 0 Å². The van der Waals surface area contributed by atoms with Crippen LogP contribution < -0.4 is 0 Å². The Labute approximate surface area is 178 Å². The van der Waals surface area contributed by atoms with E-state index in [0.29, 0.717) is 5.92 Å². The molecule has 0 aliphatic carbocycles. The first-order valence-electron chi connectivity index (χ1n) is 12.2. The summed E-state index contributed by atoms with van der Waals surface area (Å²) in [4.78, 5) is 0. The molecule has 1 unspecified atom stereocenters. The second-order valence-electron chi connectivity index (χ2n) is 9.63. The molecule has 0 fully saturated rings. The second kappa shape index (κ2) is 19.8. The predicted octanol–water partition coefficient (Wildman–Crippen LogP) is 9.00. The summed E-state index contributed by atoms with van der Waals surface area (Å²) in [6, 6.07) is 1.29. The molecule has 0 aromatic heterocycles. The molecule has 0 heterocycles. The fraction of sp³-hybridized carbons (Fsp3) is 1.00. The van der Waals surface area contributed by atoms with Gasteiger partial charge in [-0.3, -0.25) is 0 Å². The Morgan fingerprint density at radius 3 is 1.52 bits per heavy atom. The summed E-state index contributed by atoms with van der Waals surface area (Å²) in [6.45, 7) is 10.4. The molecule has 0 saturated heterocycles. The van der Waals surface area contributed by atoms with Gasteiger partial charge >= 0.3 is 0 Å². The average Bonchev–Trinajstić information content (AvgIpc) is 2.63. The minimum absolute atomic E-state index is 0.641. The van der Waals surface area contributed by atoms with Gasteiger partial charge in [0.15, 0.2) is 0 Å². The Hall–Kier alpha value is 0.467. The standard InChI is InChI=1S/C24H51ClOSi/c1-5-6-7-8-9-10-11-12-13-14-15-16-17-18-19-20-26-23-27(3,4)22-24(2)21-25/h24H,5-23H2,1-4H3. The van der Waals surface area contributed by atoms with Crippen LogP contribution in [0, 0.1) is 5.92 Å². The van der Waals surface area contributed by atoms with Crippen LogP contribution in [0.15, 0.2) is 0 Å². The minimum Gasteiger partial charge on any atom is -0.385 e. The van der Waals surface area contributed by atoms with Gasteiger partial charge in [-0.1, -0.05) is 123 Å². The maximum Gasteiger partial charge on any atom is 0.0779 e. The Morgan fingerprint density at radius 2 is 1.11 bits per heavy atom. The SMILES string of the molecule is CCCCCCCCCCCCCCCCCOC[Si](C)(C)CC(C)CCl. The third-order valence-corrected chi connectivity index (χ3v) is 8.86. The lowest BCUT2D eigenvalue weighted by Gasteiger charge is -2.24. The summed E-state index contributed by atoms with van der Waals surface area (Å²) in [6.07, 6.45) is 22.3. The minimum atomic E-state index is -1.20. The molecule has 0 aliphatic rings. The highest BCUT2D eigenvalue weighted by atomic mass is 35.5. The highest BCUT2D eigenvalue weighted by Crippen LogP contribution is 2.18. The predicted molar refractivity (Wildman–Crippen MR) is 128 cm³/mol. The number of halogens is 1. The molecule has 0 amide bonds. The summed E-state index contributed by atoms with van der Waals surface area (Å²) in [5.41, 5.74) is 0. The summed E-state index contributed by atoms with van der Waals surface area (Å²) in [5.74, 6) is 1.43. The van der Waals surface area contributed by atoms with E-state index in [0.717, 1.165) is 18.7 Å². The number of unbranched alkanes of at least 4 members (excludes halogenated alkanes) is 14. The molecule has 3 heteroatoms. The van der Waals surface area contributed by atoms with Crippen molar-refractivity contribution >= 4 is 19.7 Å².